The topological polar surface area (TPSA) is 76.7 Å². The van der Waals surface area contributed by atoms with Crippen LogP contribution in [-0.2, 0) is 19.1 Å². The zero-order valence-electron chi connectivity index (χ0n) is 29.1. The highest BCUT2D eigenvalue weighted by Gasteiger charge is 2.33. The number of piperidine rings is 2. The Hall–Kier alpha value is -4.26. The van der Waals surface area contributed by atoms with Crippen molar-refractivity contribution in [1.29, 1.82) is 0 Å². The summed E-state index contributed by atoms with van der Waals surface area (Å²) < 4.78 is 12.1. The van der Waals surface area contributed by atoms with Crippen molar-refractivity contribution in [3.05, 3.63) is 144 Å². The molecule has 0 bridgehead atoms. The molecule has 0 saturated carbocycles. The predicted molar refractivity (Wildman–Crippen MR) is 198 cm³/mol. The molecule has 6 rings (SSSR count). The minimum absolute atomic E-state index is 0.0970. The van der Waals surface area contributed by atoms with Gasteiger partial charge in [-0.25, -0.2) is 0 Å². The van der Waals surface area contributed by atoms with Gasteiger partial charge >= 0.3 is 11.9 Å². The molecule has 0 amide bonds. The van der Waals surface area contributed by atoms with E-state index in [0.717, 1.165) is 64.2 Å². The molecule has 2 heterocycles. The Bertz CT molecular complexity index is 1370. The second-order valence-electron chi connectivity index (χ2n) is 14.0. The van der Waals surface area contributed by atoms with Gasteiger partial charge in [-0.1, -0.05) is 147 Å². The number of carbonyl (C=O) groups excluding carboxylic acids is 2. The van der Waals surface area contributed by atoms with E-state index in [1.807, 2.05) is 24.3 Å². The molecule has 4 aromatic carbocycles. The van der Waals surface area contributed by atoms with Crippen molar-refractivity contribution < 1.29 is 19.1 Å². The van der Waals surface area contributed by atoms with Gasteiger partial charge in [-0.05, 0) is 35.1 Å². The fourth-order valence-corrected chi connectivity index (χ4v) is 7.60. The summed E-state index contributed by atoms with van der Waals surface area (Å²) in [6.45, 7) is 0. The molecule has 2 aliphatic rings. The van der Waals surface area contributed by atoms with Gasteiger partial charge in [0, 0.05) is 62.7 Å². The van der Waals surface area contributed by atoms with E-state index in [1.54, 1.807) is 0 Å². The lowest BCUT2D eigenvalue weighted by atomic mass is 9.88. The van der Waals surface area contributed by atoms with Gasteiger partial charge < -0.3 is 20.1 Å². The summed E-state index contributed by atoms with van der Waals surface area (Å²) in [5.74, 6) is -0.194. The van der Waals surface area contributed by atoms with E-state index in [4.69, 9.17) is 9.47 Å². The molecule has 262 valence electrons. The summed E-state index contributed by atoms with van der Waals surface area (Å²) in [5.41, 5.74) is 4.90. The van der Waals surface area contributed by atoms with Gasteiger partial charge in [0.15, 0.2) is 0 Å². The zero-order valence-corrected chi connectivity index (χ0v) is 29.1. The molecule has 4 unspecified atom stereocenters. The zero-order chi connectivity index (χ0) is 34.4. The smallest absolute Gasteiger partial charge is 0.306 e. The monoisotopic (exact) mass is 672 g/mol. The van der Waals surface area contributed by atoms with E-state index in [2.05, 4.69) is 108 Å². The minimum atomic E-state index is -0.114. The Kier molecular flexibility index (Phi) is 13.3. The number of esters is 2. The first-order chi connectivity index (χ1) is 24.6. The van der Waals surface area contributed by atoms with Crippen LogP contribution in [0, 0.1) is 0 Å². The molecule has 50 heavy (non-hydrogen) atoms. The van der Waals surface area contributed by atoms with Gasteiger partial charge in [0.05, 0.1) is 0 Å². The number of ether oxygens (including phenoxy) is 2. The summed E-state index contributed by atoms with van der Waals surface area (Å²) in [4.78, 5) is 25.8. The van der Waals surface area contributed by atoms with E-state index in [9.17, 15) is 9.59 Å². The lowest BCUT2D eigenvalue weighted by Crippen LogP contribution is -2.39. The first-order valence-corrected chi connectivity index (χ1v) is 18.7. The number of benzene rings is 4. The van der Waals surface area contributed by atoms with Crippen molar-refractivity contribution >= 4 is 11.9 Å². The third-order valence-electron chi connectivity index (χ3n) is 10.2. The predicted octanol–water partition coefficient (Wildman–Crippen LogP) is 9.66. The van der Waals surface area contributed by atoms with Gasteiger partial charge in [-0.2, -0.15) is 0 Å². The van der Waals surface area contributed by atoms with Crippen LogP contribution < -0.4 is 10.6 Å². The van der Waals surface area contributed by atoms with Gasteiger partial charge in [0.2, 0.25) is 0 Å². The van der Waals surface area contributed by atoms with Crippen LogP contribution in [0.15, 0.2) is 121 Å². The maximum absolute atomic E-state index is 12.9. The molecule has 6 heteroatoms. The molecule has 0 spiro atoms. The van der Waals surface area contributed by atoms with Gasteiger partial charge in [0.1, 0.15) is 12.2 Å². The molecular formula is C44H52N2O4. The van der Waals surface area contributed by atoms with Crippen LogP contribution in [0.1, 0.15) is 123 Å². The first-order valence-electron chi connectivity index (χ1n) is 18.7. The number of rotatable bonds is 15. The summed E-state index contributed by atoms with van der Waals surface area (Å²) in [6.07, 6.45) is 9.52. The molecule has 6 nitrogen and oxygen atoms in total. The maximum Gasteiger partial charge on any atom is 0.306 e. The molecular weight excluding hydrogens is 620 g/mol. The normalized spacial score (nSPS) is 23.5. The summed E-state index contributed by atoms with van der Waals surface area (Å²) in [7, 11) is 0. The van der Waals surface area contributed by atoms with Crippen molar-refractivity contribution in [2.24, 2.45) is 0 Å². The van der Waals surface area contributed by atoms with Gasteiger partial charge in [-0.15, -0.1) is 0 Å². The number of unbranched alkanes of at least 4 members (excludes halogenated alkanes) is 5. The third-order valence-corrected chi connectivity index (χ3v) is 10.2. The minimum Gasteiger partial charge on any atom is -0.462 e. The van der Waals surface area contributed by atoms with Crippen molar-refractivity contribution in [1.82, 2.24) is 10.6 Å². The van der Waals surface area contributed by atoms with E-state index in [0.29, 0.717) is 12.8 Å². The number of hydrogen-bond acceptors (Lipinski definition) is 6. The lowest BCUT2D eigenvalue weighted by Gasteiger charge is -2.36. The van der Waals surface area contributed by atoms with E-state index < -0.39 is 0 Å². The first kappa shape index (κ1) is 35.6. The van der Waals surface area contributed by atoms with Crippen molar-refractivity contribution in [2.45, 2.75) is 113 Å². The van der Waals surface area contributed by atoms with Crippen LogP contribution in [0.5, 0.6) is 0 Å². The second-order valence-corrected chi connectivity index (χ2v) is 14.0. The third kappa shape index (κ3) is 10.6. The van der Waals surface area contributed by atoms with Gasteiger partial charge in [0.25, 0.3) is 0 Å². The number of nitrogens with one attached hydrogen (secondary N) is 2. The Morgan fingerprint density at radius 1 is 0.420 bits per heavy atom. The molecule has 2 N–H and O–H groups in total. The maximum atomic E-state index is 12.9. The molecule has 2 saturated heterocycles. The van der Waals surface area contributed by atoms with E-state index in [1.165, 1.54) is 22.3 Å². The van der Waals surface area contributed by atoms with Crippen LogP contribution in [-0.4, -0.2) is 24.1 Å². The van der Waals surface area contributed by atoms with Crippen molar-refractivity contribution in [3.63, 3.8) is 0 Å². The standard InChI is InChI=1S/C44H52N2O4/c47-43(49-37-29-39(33-19-9-5-10-20-33)45-40(30-37)34-21-11-6-12-22-34)27-17-3-1-2-4-18-28-44(48)50-38-31-41(35-23-13-7-14-24-35)46-42(32-38)36-25-15-8-16-26-36/h5-16,19-26,37-42,45-46H,1-4,17-18,27-32H2. The van der Waals surface area contributed by atoms with Gasteiger partial charge in [-0.3, -0.25) is 9.59 Å². The van der Waals surface area contributed by atoms with Crippen molar-refractivity contribution in [2.75, 3.05) is 0 Å². The quantitative estimate of drug-likeness (QED) is 0.0968. The highest BCUT2D eigenvalue weighted by molar-refractivity contribution is 5.70. The SMILES string of the molecule is O=C(CCCCCCCCC(=O)OC1CC(c2ccccc2)NC(c2ccccc2)C1)OC1CC(c2ccccc2)NC(c2ccccc2)C1. The Balaban J connectivity index is 0.874. The highest BCUT2D eigenvalue weighted by atomic mass is 16.5. The number of carbonyl (C=O) groups is 2. The fraction of sp³-hybridized carbons (Fsp3) is 0.409. The molecule has 2 fully saturated rings. The molecule has 4 atom stereocenters. The molecule has 0 radical (unpaired) electrons. The summed E-state index contributed by atoms with van der Waals surface area (Å²) in [6, 6.07) is 42.3. The highest BCUT2D eigenvalue weighted by Crippen LogP contribution is 2.36. The lowest BCUT2D eigenvalue weighted by molar-refractivity contribution is -0.152. The largest absolute Gasteiger partial charge is 0.462 e. The molecule has 0 aliphatic carbocycles. The Morgan fingerprint density at radius 2 is 0.680 bits per heavy atom. The average molecular weight is 673 g/mol. The van der Waals surface area contributed by atoms with Crippen LogP contribution in [0.4, 0.5) is 0 Å². The van der Waals surface area contributed by atoms with Crippen LogP contribution >= 0.6 is 0 Å². The number of hydrogen-bond donors (Lipinski definition) is 2. The fourth-order valence-electron chi connectivity index (χ4n) is 7.60. The van der Waals surface area contributed by atoms with E-state index in [-0.39, 0.29) is 48.3 Å². The van der Waals surface area contributed by atoms with E-state index >= 15 is 0 Å². The second kappa shape index (κ2) is 18.7. The Labute approximate surface area is 298 Å². The van der Waals surface area contributed by atoms with Crippen LogP contribution in [0.2, 0.25) is 0 Å². The molecule has 2 aliphatic heterocycles. The average Bonchev–Trinajstić information content (AvgIpc) is 3.17. The summed E-state index contributed by atoms with van der Waals surface area (Å²) in [5, 5.41) is 7.57. The summed E-state index contributed by atoms with van der Waals surface area (Å²) >= 11 is 0. The van der Waals surface area contributed by atoms with Crippen LogP contribution in [0.25, 0.3) is 0 Å². The molecule has 0 aromatic heterocycles. The van der Waals surface area contributed by atoms with Crippen LogP contribution in [0.3, 0.4) is 0 Å². The molecule has 4 aromatic rings. The van der Waals surface area contributed by atoms with Crippen molar-refractivity contribution in [3.8, 4) is 0 Å². The Morgan fingerprint density at radius 3 is 0.960 bits per heavy atom.